The van der Waals surface area contributed by atoms with Crippen molar-refractivity contribution in [2.24, 2.45) is 5.92 Å². The van der Waals surface area contributed by atoms with E-state index in [0.717, 1.165) is 67.5 Å². The summed E-state index contributed by atoms with van der Waals surface area (Å²) < 4.78 is 7.95. The molecule has 0 amide bonds. The third-order valence-corrected chi connectivity index (χ3v) is 7.44. The van der Waals surface area contributed by atoms with Gasteiger partial charge in [-0.05, 0) is 38.0 Å². The Morgan fingerprint density at radius 3 is 2.79 bits per heavy atom. The highest BCUT2D eigenvalue weighted by Crippen LogP contribution is 2.38. The summed E-state index contributed by atoms with van der Waals surface area (Å²) in [5, 5.41) is 23.7. The van der Waals surface area contributed by atoms with E-state index in [0.29, 0.717) is 40.1 Å². The first kappa shape index (κ1) is 21.8. The normalized spacial score (nSPS) is 20.0. The van der Waals surface area contributed by atoms with Crippen LogP contribution in [0.1, 0.15) is 50.9 Å². The Bertz CT molecular complexity index is 1340. The number of H-pyrrole nitrogens is 1. The topological polar surface area (TPSA) is 105 Å². The zero-order valence-electron chi connectivity index (χ0n) is 19.2. The number of benzene rings is 1. The van der Waals surface area contributed by atoms with Crippen LogP contribution in [0.2, 0.25) is 5.02 Å². The molecule has 3 aromatic heterocycles. The lowest BCUT2D eigenvalue weighted by atomic mass is 9.99. The van der Waals surface area contributed by atoms with Gasteiger partial charge >= 0.3 is 0 Å². The number of anilines is 1. The van der Waals surface area contributed by atoms with Crippen molar-refractivity contribution in [3.63, 3.8) is 0 Å². The second-order valence-electron chi connectivity index (χ2n) is 9.37. The number of hydrogen-bond donors (Lipinski definition) is 2. The molecule has 2 aliphatic rings. The van der Waals surface area contributed by atoms with Crippen molar-refractivity contribution in [2.75, 3.05) is 24.6 Å². The minimum Gasteiger partial charge on any atom is -0.390 e. The van der Waals surface area contributed by atoms with Crippen molar-refractivity contribution >= 4 is 39.5 Å². The molecule has 6 rings (SSSR count). The molecular formula is C24H28ClN7O2. The fraction of sp³-hybridized carbons (Fsp3) is 0.500. The number of halogens is 1. The minimum atomic E-state index is -0.205. The maximum Gasteiger partial charge on any atom is 0.182 e. The molecule has 1 atom stereocenters. The molecule has 2 fully saturated rings. The molecule has 9 nitrogen and oxygen atoms in total. The smallest absolute Gasteiger partial charge is 0.182 e. The Hall–Kier alpha value is -2.75. The van der Waals surface area contributed by atoms with Crippen LogP contribution in [-0.4, -0.2) is 54.7 Å². The Morgan fingerprint density at radius 2 is 2.03 bits per heavy atom. The van der Waals surface area contributed by atoms with E-state index in [9.17, 15) is 5.11 Å². The SMILES string of the molecule is CC1CCN(c2nc3c(nc2CO)c(-c2ccc4cn[nH]c4c2Cl)nn3C2CCCCO2)CC1. The molecular weight excluding hydrogens is 454 g/mol. The quantitative estimate of drug-likeness (QED) is 0.443. The first-order valence-corrected chi connectivity index (χ1v) is 12.4. The Morgan fingerprint density at radius 1 is 1.18 bits per heavy atom. The molecule has 10 heteroatoms. The fourth-order valence-corrected chi connectivity index (χ4v) is 5.32. The molecule has 2 saturated heterocycles. The van der Waals surface area contributed by atoms with E-state index in [1.807, 2.05) is 16.8 Å². The molecule has 1 unspecified atom stereocenters. The zero-order valence-corrected chi connectivity index (χ0v) is 19.9. The van der Waals surface area contributed by atoms with Crippen LogP contribution in [0.4, 0.5) is 5.82 Å². The van der Waals surface area contributed by atoms with E-state index in [4.69, 9.17) is 31.4 Å². The third-order valence-electron chi connectivity index (χ3n) is 7.05. The zero-order chi connectivity index (χ0) is 23.2. The van der Waals surface area contributed by atoms with E-state index in [1.54, 1.807) is 6.20 Å². The third kappa shape index (κ3) is 3.62. The summed E-state index contributed by atoms with van der Waals surface area (Å²) >= 11 is 6.80. The van der Waals surface area contributed by atoms with E-state index >= 15 is 0 Å². The molecule has 34 heavy (non-hydrogen) atoms. The first-order valence-electron chi connectivity index (χ1n) is 12.0. The number of aliphatic hydroxyl groups is 1. The first-order chi connectivity index (χ1) is 16.6. The average molecular weight is 482 g/mol. The van der Waals surface area contributed by atoms with Crippen LogP contribution in [0.25, 0.3) is 33.3 Å². The number of aliphatic hydroxyl groups excluding tert-OH is 1. The van der Waals surface area contributed by atoms with Crippen LogP contribution in [0, 0.1) is 5.92 Å². The lowest BCUT2D eigenvalue weighted by Crippen LogP contribution is -2.34. The summed E-state index contributed by atoms with van der Waals surface area (Å²) in [6, 6.07) is 3.90. The van der Waals surface area contributed by atoms with Gasteiger partial charge in [0.25, 0.3) is 0 Å². The van der Waals surface area contributed by atoms with Gasteiger partial charge in [0.2, 0.25) is 0 Å². The van der Waals surface area contributed by atoms with Crippen molar-refractivity contribution in [2.45, 2.75) is 51.9 Å². The lowest BCUT2D eigenvalue weighted by molar-refractivity contribution is -0.0368. The number of aromatic amines is 1. The van der Waals surface area contributed by atoms with Crippen molar-refractivity contribution < 1.29 is 9.84 Å². The van der Waals surface area contributed by atoms with Crippen molar-refractivity contribution in [3.8, 4) is 11.3 Å². The van der Waals surface area contributed by atoms with Gasteiger partial charge < -0.3 is 14.7 Å². The second kappa shape index (κ2) is 8.79. The predicted molar refractivity (Wildman–Crippen MR) is 131 cm³/mol. The largest absolute Gasteiger partial charge is 0.390 e. The number of nitrogens with one attached hydrogen (secondary N) is 1. The van der Waals surface area contributed by atoms with Crippen LogP contribution in [0.5, 0.6) is 0 Å². The van der Waals surface area contributed by atoms with Gasteiger partial charge in [0.15, 0.2) is 17.7 Å². The van der Waals surface area contributed by atoms with Gasteiger partial charge in [-0.15, -0.1) is 0 Å². The Balaban J connectivity index is 1.55. The number of ether oxygens (including phenoxy) is 1. The highest BCUT2D eigenvalue weighted by Gasteiger charge is 2.28. The number of hydrogen-bond acceptors (Lipinski definition) is 7. The number of fused-ring (bicyclic) bond motifs is 2. The van der Waals surface area contributed by atoms with Crippen molar-refractivity contribution in [1.29, 1.82) is 0 Å². The molecule has 5 heterocycles. The summed E-state index contributed by atoms with van der Waals surface area (Å²) in [5.74, 6) is 1.43. The van der Waals surface area contributed by atoms with E-state index in [-0.39, 0.29) is 12.8 Å². The molecule has 2 aliphatic heterocycles. The summed E-state index contributed by atoms with van der Waals surface area (Å²) in [5.41, 5.74) is 3.97. The molecule has 0 spiro atoms. The molecule has 0 bridgehead atoms. The molecule has 1 aromatic carbocycles. The van der Waals surface area contributed by atoms with Gasteiger partial charge in [-0.3, -0.25) is 5.10 Å². The van der Waals surface area contributed by atoms with Gasteiger partial charge in [0.1, 0.15) is 16.9 Å². The maximum absolute atomic E-state index is 10.2. The molecule has 0 saturated carbocycles. The molecule has 0 aliphatic carbocycles. The van der Waals surface area contributed by atoms with Crippen LogP contribution in [0.15, 0.2) is 18.3 Å². The van der Waals surface area contributed by atoms with Gasteiger partial charge in [-0.2, -0.15) is 10.2 Å². The van der Waals surface area contributed by atoms with E-state index in [2.05, 4.69) is 22.0 Å². The fourth-order valence-electron chi connectivity index (χ4n) is 5.01. The number of aromatic nitrogens is 6. The second-order valence-corrected chi connectivity index (χ2v) is 9.75. The number of nitrogens with zero attached hydrogens (tertiary/aromatic N) is 6. The van der Waals surface area contributed by atoms with Gasteiger partial charge in [-0.25, -0.2) is 14.6 Å². The van der Waals surface area contributed by atoms with Gasteiger partial charge in [0.05, 0.1) is 23.3 Å². The summed E-state index contributed by atoms with van der Waals surface area (Å²) in [4.78, 5) is 12.2. The van der Waals surface area contributed by atoms with Crippen LogP contribution < -0.4 is 4.90 Å². The average Bonchev–Trinajstić information content (AvgIpc) is 3.50. The van der Waals surface area contributed by atoms with Crippen molar-refractivity contribution in [1.82, 2.24) is 29.9 Å². The monoisotopic (exact) mass is 481 g/mol. The molecule has 4 aromatic rings. The number of piperidine rings is 1. The number of rotatable bonds is 4. The minimum absolute atomic E-state index is 0.192. The standard InChI is InChI=1S/C24H28ClN7O2/c1-14-7-9-31(10-8-14)23-17(13-33)27-22-21(16-6-5-15-12-26-29-20(15)19(16)25)30-32(24(22)28-23)18-4-2-3-11-34-18/h5-6,12,14,18,33H,2-4,7-11,13H2,1H3,(H,26,29). The van der Waals surface area contributed by atoms with Crippen LogP contribution in [0.3, 0.4) is 0 Å². The van der Waals surface area contributed by atoms with Crippen LogP contribution >= 0.6 is 11.6 Å². The lowest BCUT2D eigenvalue weighted by Gasteiger charge is -2.32. The molecule has 2 N–H and O–H groups in total. The van der Waals surface area contributed by atoms with E-state index < -0.39 is 0 Å². The van der Waals surface area contributed by atoms with Gasteiger partial charge in [-0.1, -0.05) is 30.7 Å². The summed E-state index contributed by atoms with van der Waals surface area (Å²) in [6.07, 6.45) is 6.71. The van der Waals surface area contributed by atoms with Crippen molar-refractivity contribution in [3.05, 3.63) is 29.0 Å². The Kier molecular flexibility index (Phi) is 5.63. The summed E-state index contributed by atoms with van der Waals surface area (Å²) in [6.45, 7) is 4.58. The maximum atomic E-state index is 10.2. The Labute approximate surface area is 202 Å². The van der Waals surface area contributed by atoms with Crippen LogP contribution in [-0.2, 0) is 11.3 Å². The summed E-state index contributed by atoms with van der Waals surface area (Å²) in [7, 11) is 0. The highest BCUT2D eigenvalue weighted by atomic mass is 35.5. The van der Waals surface area contributed by atoms with E-state index in [1.165, 1.54) is 0 Å². The molecule has 178 valence electrons. The van der Waals surface area contributed by atoms with Gasteiger partial charge in [0, 0.05) is 30.6 Å². The molecule has 0 radical (unpaired) electrons. The highest BCUT2D eigenvalue weighted by molar-refractivity contribution is 6.38. The predicted octanol–water partition coefficient (Wildman–Crippen LogP) is 4.45.